The van der Waals surface area contributed by atoms with E-state index in [1.807, 2.05) is 44.2 Å². The van der Waals surface area contributed by atoms with Crippen LogP contribution in [0.15, 0.2) is 36.5 Å². The maximum atomic E-state index is 9.53. The standard InChI is InChI=1S/C16H19N3O4/c1-16(2)22-14-12(9-20)21-13(15(14)23-16)11-8-17-19(18-11)10-6-4-3-5-7-10/h3-8,12-15,20H,9H2,1-2H3/t12-,13-,14+,15-/m1/s1. The fourth-order valence-corrected chi connectivity index (χ4v) is 3.16. The van der Waals surface area contributed by atoms with Crippen molar-refractivity contribution in [3.63, 3.8) is 0 Å². The summed E-state index contributed by atoms with van der Waals surface area (Å²) < 4.78 is 17.7. The van der Waals surface area contributed by atoms with Gasteiger partial charge >= 0.3 is 0 Å². The Bertz CT molecular complexity index is 688. The summed E-state index contributed by atoms with van der Waals surface area (Å²) >= 11 is 0. The Hall–Kier alpha value is -1.80. The summed E-state index contributed by atoms with van der Waals surface area (Å²) in [6.07, 6.45) is 0.235. The van der Waals surface area contributed by atoms with Gasteiger partial charge in [0.05, 0.1) is 18.5 Å². The minimum atomic E-state index is -0.694. The Morgan fingerprint density at radius 1 is 1.17 bits per heavy atom. The van der Waals surface area contributed by atoms with Crippen molar-refractivity contribution in [3.8, 4) is 5.69 Å². The first-order chi connectivity index (χ1) is 11.1. The van der Waals surface area contributed by atoms with Gasteiger partial charge in [-0.1, -0.05) is 18.2 Å². The van der Waals surface area contributed by atoms with Crippen LogP contribution in [0.3, 0.4) is 0 Å². The number of aliphatic hydroxyl groups is 1. The van der Waals surface area contributed by atoms with Gasteiger partial charge in [-0.15, -0.1) is 0 Å². The maximum Gasteiger partial charge on any atom is 0.164 e. The highest BCUT2D eigenvalue weighted by Gasteiger charge is 2.56. The van der Waals surface area contributed by atoms with E-state index in [4.69, 9.17) is 14.2 Å². The predicted molar refractivity (Wildman–Crippen MR) is 79.9 cm³/mol. The number of para-hydroxylation sites is 1. The third kappa shape index (κ3) is 2.55. The van der Waals surface area contributed by atoms with E-state index in [1.165, 1.54) is 0 Å². The number of hydrogen-bond donors (Lipinski definition) is 1. The lowest BCUT2D eigenvalue weighted by Gasteiger charge is -2.22. The SMILES string of the molecule is CC1(C)O[C@@H]2[C@H](O1)[C@@H](c1cnn(-c3ccccc3)n1)O[C@@H]2CO. The van der Waals surface area contributed by atoms with Crippen molar-refractivity contribution in [1.29, 1.82) is 0 Å². The first-order valence-electron chi connectivity index (χ1n) is 7.67. The number of aliphatic hydroxyl groups excluding tert-OH is 1. The molecular weight excluding hydrogens is 298 g/mol. The van der Waals surface area contributed by atoms with Crippen LogP contribution < -0.4 is 0 Å². The van der Waals surface area contributed by atoms with Crippen LogP contribution >= 0.6 is 0 Å². The molecule has 2 aromatic rings. The van der Waals surface area contributed by atoms with Gasteiger partial charge in [0.15, 0.2) is 5.79 Å². The molecule has 0 bridgehead atoms. The smallest absolute Gasteiger partial charge is 0.164 e. The summed E-state index contributed by atoms with van der Waals surface area (Å²) in [7, 11) is 0. The topological polar surface area (TPSA) is 78.6 Å². The molecule has 0 unspecified atom stereocenters. The highest BCUT2D eigenvalue weighted by molar-refractivity contribution is 5.28. The molecule has 1 N–H and O–H groups in total. The van der Waals surface area contributed by atoms with Gasteiger partial charge in [0.25, 0.3) is 0 Å². The maximum absolute atomic E-state index is 9.53. The van der Waals surface area contributed by atoms with Crippen LogP contribution in [0.5, 0.6) is 0 Å². The number of nitrogens with zero attached hydrogens (tertiary/aromatic N) is 3. The monoisotopic (exact) mass is 317 g/mol. The summed E-state index contributed by atoms with van der Waals surface area (Å²) in [5, 5.41) is 18.3. The van der Waals surface area contributed by atoms with Crippen LogP contribution in [-0.2, 0) is 14.2 Å². The average molecular weight is 317 g/mol. The van der Waals surface area contributed by atoms with Gasteiger partial charge in [-0.2, -0.15) is 15.0 Å². The van der Waals surface area contributed by atoms with Crippen molar-refractivity contribution in [2.45, 2.75) is 44.1 Å². The number of benzene rings is 1. The molecule has 7 nitrogen and oxygen atoms in total. The molecule has 0 saturated carbocycles. The second kappa shape index (κ2) is 5.38. The third-order valence-corrected chi connectivity index (χ3v) is 4.12. The molecule has 122 valence electrons. The van der Waals surface area contributed by atoms with Gasteiger partial charge in [0.1, 0.15) is 30.1 Å². The molecule has 3 heterocycles. The van der Waals surface area contributed by atoms with Crippen molar-refractivity contribution >= 4 is 0 Å². The zero-order valence-corrected chi connectivity index (χ0v) is 13.0. The molecule has 0 amide bonds. The van der Waals surface area contributed by atoms with Crippen molar-refractivity contribution in [3.05, 3.63) is 42.2 Å². The molecule has 2 fully saturated rings. The second-order valence-electron chi connectivity index (χ2n) is 6.24. The molecule has 4 rings (SSSR count). The fraction of sp³-hybridized carbons (Fsp3) is 0.500. The van der Waals surface area contributed by atoms with E-state index in [9.17, 15) is 5.11 Å². The number of fused-ring (bicyclic) bond motifs is 1. The molecule has 2 aliphatic rings. The highest BCUT2D eigenvalue weighted by atomic mass is 16.8. The Morgan fingerprint density at radius 2 is 1.91 bits per heavy atom. The van der Waals surface area contributed by atoms with Crippen molar-refractivity contribution in [2.75, 3.05) is 6.61 Å². The first-order valence-corrected chi connectivity index (χ1v) is 7.67. The number of aromatic nitrogens is 3. The molecule has 0 spiro atoms. The zero-order valence-electron chi connectivity index (χ0n) is 13.0. The molecule has 7 heteroatoms. The predicted octanol–water partition coefficient (Wildman–Crippen LogP) is 1.22. The van der Waals surface area contributed by atoms with Gasteiger partial charge in [0, 0.05) is 0 Å². The Labute approximate surface area is 133 Å². The highest BCUT2D eigenvalue weighted by Crippen LogP contribution is 2.44. The quantitative estimate of drug-likeness (QED) is 0.917. The molecule has 4 atom stereocenters. The van der Waals surface area contributed by atoms with Crippen LogP contribution in [-0.4, -0.2) is 50.8 Å². The largest absolute Gasteiger partial charge is 0.394 e. The summed E-state index contributed by atoms with van der Waals surface area (Å²) in [4.78, 5) is 1.56. The van der Waals surface area contributed by atoms with Crippen molar-refractivity contribution in [2.24, 2.45) is 0 Å². The Morgan fingerprint density at radius 3 is 2.65 bits per heavy atom. The zero-order chi connectivity index (χ0) is 16.0. The van der Waals surface area contributed by atoms with E-state index in [0.717, 1.165) is 5.69 Å². The molecular formula is C16H19N3O4. The summed E-state index contributed by atoms with van der Waals surface area (Å²) in [6, 6.07) is 9.65. The van der Waals surface area contributed by atoms with Gasteiger partial charge in [-0.3, -0.25) is 0 Å². The lowest BCUT2D eigenvalue weighted by Crippen LogP contribution is -2.31. The van der Waals surface area contributed by atoms with Gasteiger partial charge in [-0.25, -0.2) is 0 Å². The third-order valence-electron chi connectivity index (χ3n) is 4.12. The lowest BCUT2D eigenvalue weighted by atomic mass is 10.1. The molecule has 0 radical (unpaired) electrons. The van der Waals surface area contributed by atoms with Crippen LogP contribution in [0.25, 0.3) is 5.69 Å². The van der Waals surface area contributed by atoms with Gasteiger partial charge in [-0.05, 0) is 26.0 Å². The number of hydrogen-bond acceptors (Lipinski definition) is 6. The number of rotatable bonds is 3. The van der Waals surface area contributed by atoms with Crippen molar-refractivity contribution in [1.82, 2.24) is 15.0 Å². The Balaban J connectivity index is 1.62. The van der Waals surface area contributed by atoms with Crippen LogP contribution in [0.1, 0.15) is 25.6 Å². The normalized spacial score (nSPS) is 32.1. The van der Waals surface area contributed by atoms with E-state index in [-0.39, 0.29) is 18.8 Å². The van der Waals surface area contributed by atoms with Crippen LogP contribution in [0, 0.1) is 0 Å². The number of ether oxygens (including phenoxy) is 3. The van der Waals surface area contributed by atoms with E-state index < -0.39 is 18.0 Å². The molecule has 0 aliphatic carbocycles. The van der Waals surface area contributed by atoms with E-state index in [2.05, 4.69) is 10.2 Å². The minimum absolute atomic E-state index is 0.121. The van der Waals surface area contributed by atoms with E-state index in [0.29, 0.717) is 5.69 Å². The summed E-state index contributed by atoms with van der Waals surface area (Å²) in [5.74, 6) is -0.694. The fourth-order valence-electron chi connectivity index (χ4n) is 3.16. The van der Waals surface area contributed by atoms with Crippen LogP contribution in [0.4, 0.5) is 0 Å². The average Bonchev–Trinajstić information content (AvgIpc) is 3.21. The van der Waals surface area contributed by atoms with E-state index >= 15 is 0 Å². The summed E-state index contributed by atoms with van der Waals surface area (Å²) in [6.45, 7) is 3.60. The van der Waals surface area contributed by atoms with Crippen LogP contribution in [0.2, 0.25) is 0 Å². The minimum Gasteiger partial charge on any atom is -0.394 e. The van der Waals surface area contributed by atoms with Gasteiger partial charge in [0.2, 0.25) is 0 Å². The summed E-state index contributed by atoms with van der Waals surface area (Å²) in [5.41, 5.74) is 1.54. The second-order valence-corrected chi connectivity index (χ2v) is 6.24. The molecule has 2 saturated heterocycles. The molecule has 1 aromatic heterocycles. The lowest BCUT2D eigenvalue weighted by molar-refractivity contribution is -0.191. The van der Waals surface area contributed by atoms with E-state index in [1.54, 1.807) is 11.0 Å². The first kappa shape index (κ1) is 14.8. The molecule has 23 heavy (non-hydrogen) atoms. The van der Waals surface area contributed by atoms with Gasteiger partial charge < -0.3 is 19.3 Å². The Kier molecular flexibility index (Phi) is 3.46. The van der Waals surface area contributed by atoms with Crippen molar-refractivity contribution < 1.29 is 19.3 Å². The molecule has 1 aromatic carbocycles. The molecule has 2 aliphatic heterocycles.